The fourth-order valence-corrected chi connectivity index (χ4v) is 4.27. The molecule has 1 heterocycles. The number of pyridine rings is 1. The number of methoxy groups -OCH3 is 1. The lowest BCUT2D eigenvalue weighted by atomic mass is 9.98. The van der Waals surface area contributed by atoms with Gasteiger partial charge in [0.1, 0.15) is 17.3 Å². The molecule has 158 valence electrons. The van der Waals surface area contributed by atoms with E-state index in [0.29, 0.717) is 10.3 Å². The van der Waals surface area contributed by atoms with Gasteiger partial charge in [-0.2, -0.15) is 0 Å². The average molecular weight is 481 g/mol. The predicted octanol–water partition coefficient (Wildman–Crippen LogP) is 4.47. The van der Waals surface area contributed by atoms with Crippen molar-refractivity contribution in [2.24, 2.45) is 0 Å². The maximum absolute atomic E-state index is 12.5. The number of hydrogen-bond donors (Lipinski definition) is 1. The minimum Gasteiger partial charge on any atom is -0.467 e. The Morgan fingerprint density at radius 1 is 1.00 bits per heavy atom. The van der Waals surface area contributed by atoms with E-state index in [-0.39, 0.29) is 18.9 Å². The zero-order valence-electron chi connectivity index (χ0n) is 16.9. The third-order valence-corrected chi connectivity index (χ3v) is 5.75. The van der Waals surface area contributed by atoms with Crippen LogP contribution < -0.4 is 5.32 Å². The molecule has 0 fully saturated rings. The summed E-state index contributed by atoms with van der Waals surface area (Å²) < 4.78 is 11.0. The molecule has 0 unspecified atom stereocenters. The smallest absolute Gasteiger partial charge is 0.407 e. The lowest BCUT2D eigenvalue weighted by Gasteiger charge is -2.18. The highest BCUT2D eigenvalue weighted by molar-refractivity contribution is 9.10. The van der Waals surface area contributed by atoms with Gasteiger partial charge < -0.3 is 14.8 Å². The van der Waals surface area contributed by atoms with Crippen molar-refractivity contribution in [1.82, 2.24) is 10.3 Å². The molecule has 31 heavy (non-hydrogen) atoms. The van der Waals surface area contributed by atoms with E-state index in [4.69, 9.17) is 9.47 Å². The highest BCUT2D eigenvalue weighted by Gasteiger charge is 2.30. The molecule has 0 saturated heterocycles. The Morgan fingerprint density at radius 2 is 1.65 bits per heavy atom. The van der Waals surface area contributed by atoms with Gasteiger partial charge in [0, 0.05) is 18.0 Å². The molecule has 7 heteroatoms. The van der Waals surface area contributed by atoms with E-state index in [9.17, 15) is 9.59 Å². The Morgan fingerprint density at radius 3 is 2.26 bits per heavy atom. The maximum atomic E-state index is 12.5. The van der Waals surface area contributed by atoms with Crippen LogP contribution >= 0.6 is 15.9 Å². The molecule has 0 saturated carbocycles. The summed E-state index contributed by atoms with van der Waals surface area (Å²) in [6, 6.07) is 20.7. The normalized spacial score (nSPS) is 13.1. The number of benzene rings is 2. The van der Waals surface area contributed by atoms with Crippen LogP contribution in [-0.4, -0.2) is 36.8 Å². The van der Waals surface area contributed by atoms with Gasteiger partial charge in [0.2, 0.25) is 0 Å². The zero-order chi connectivity index (χ0) is 21.8. The first-order valence-corrected chi connectivity index (χ1v) is 10.7. The van der Waals surface area contributed by atoms with E-state index in [1.165, 1.54) is 7.11 Å². The predicted molar refractivity (Wildman–Crippen MR) is 120 cm³/mol. The molecule has 1 aliphatic rings. The molecule has 2 aromatic carbocycles. The van der Waals surface area contributed by atoms with Crippen molar-refractivity contribution in [2.75, 3.05) is 13.7 Å². The number of nitrogens with one attached hydrogen (secondary N) is 1. The number of esters is 1. The van der Waals surface area contributed by atoms with E-state index in [1.807, 2.05) is 30.3 Å². The van der Waals surface area contributed by atoms with Crippen molar-refractivity contribution < 1.29 is 19.1 Å². The van der Waals surface area contributed by atoms with Crippen molar-refractivity contribution in [2.45, 2.75) is 18.4 Å². The van der Waals surface area contributed by atoms with Crippen molar-refractivity contribution in [3.63, 3.8) is 0 Å². The lowest BCUT2D eigenvalue weighted by molar-refractivity contribution is -0.143. The number of carbonyl (C=O) groups is 2. The number of rotatable bonds is 6. The Labute approximate surface area is 188 Å². The van der Waals surface area contributed by atoms with E-state index < -0.39 is 18.1 Å². The van der Waals surface area contributed by atoms with Crippen LogP contribution in [0, 0.1) is 0 Å². The molecule has 3 aromatic rings. The van der Waals surface area contributed by atoms with Crippen LogP contribution in [0.1, 0.15) is 22.7 Å². The van der Waals surface area contributed by atoms with Gasteiger partial charge in [0.25, 0.3) is 0 Å². The minimum atomic E-state index is -0.901. The monoisotopic (exact) mass is 480 g/mol. The summed E-state index contributed by atoms with van der Waals surface area (Å²) in [5, 5.41) is 2.62. The van der Waals surface area contributed by atoms with Gasteiger partial charge >= 0.3 is 12.1 Å². The number of amides is 1. The number of ether oxygens (including phenoxy) is 2. The Balaban J connectivity index is 1.45. The Bertz CT molecular complexity index is 1070. The molecule has 1 N–H and O–H groups in total. The molecule has 0 spiro atoms. The first kappa shape index (κ1) is 21.1. The highest BCUT2D eigenvalue weighted by Crippen LogP contribution is 2.44. The van der Waals surface area contributed by atoms with Gasteiger partial charge in [-0.3, -0.25) is 0 Å². The quantitative estimate of drug-likeness (QED) is 0.416. The second kappa shape index (κ2) is 9.31. The number of nitrogens with zero attached hydrogens (tertiary/aromatic N) is 1. The molecule has 6 nitrogen and oxygen atoms in total. The number of aromatic nitrogens is 1. The molecule has 1 aliphatic carbocycles. The molecule has 0 radical (unpaired) electrons. The number of fused-ring (bicyclic) bond motifs is 3. The van der Waals surface area contributed by atoms with Crippen molar-refractivity contribution in [3.05, 3.63) is 88.2 Å². The van der Waals surface area contributed by atoms with Crippen LogP contribution in [0.2, 0.25) is 0 Å². The number of carbonyl (C=O) groups excluding carboxylic acids is 2. The fraction of sp³-hybridized carbons (Fsp3) is 0.208. The summed E-state index contributed by atoms with van der Waals surface area (Å²) in [4.78, 5) is 29.0. The molecular weight excluding hydrogens is 460 g/mol. The largest absolute Gasteiger partial charge is 0.467 e. The first-order valence-electron chi connectivity index (χ1n) is 9.87. The highest BCUT2D eigenvalue weighted by atomic mass is 79.9. The second-order valence-corrected chi connectivity index (χ2v) is 8.01. The first-order chi connectivity index (χ1) is 15.1. The number of alkyl carbamates (subject to hydrolysis) is 1. The van der Waals surface area contributed by atoms with E-state index >= 15 is 0 Å². The van der Waals surface area contributed by atoms with Gasteiger partial charge in [-0.15, -0.1) is 0 Å². The van der Waals surface area contributed by atoms with E-state index in [2.05, 4.69) is 50.5 Å². The molecule has 1 atom stereocenters. The van der Waals surface area contributed by atoms with E-state index in [0.717, 1.165) is 22.3 Å². The van der Waals surface area contributed by atoms with Gasteiger partial charge in [-0.1, -0.05) is 54.6 Å². The molecular formula is C24H21BrN2O4. The van der Waals surface area contributed by atoms with Gasteiger partial charge in [-0.05, 0) is 50.3 Å². The summed E-state index contributed by atoms with van der Waals surface area (Å²) in [7, 11) is 1.28. The Hall–Kier alpha value is -3.19. The molecule has 1 aromatic heterocycles. The van der Waals surface area contributed by atoms with E-state index in [1.54, 1.807) is 12.1 Å². The fourth-order valence-electron chi connectivity index (χ4n) is 3.89. The molecule has 1 amide bonds. The zero-order valence-corrected chi connectivity index (χ0v) is 18.5. The topological polar surface area (TPSA) is 77.5 Å². The standard InChI is InChI=1S/C24H21BrN2O4/c1-30-23(28)21(13-15-7-6-12-22(25)26-15)27-24(29)31-14-20-18-10-4-2-8-16(18)17-9-3-5-11-19(17)20/h2-12,20-21H,13-14H2,1H3,(H,27,29)/t21-/m0/s1. The SMILES string of the molecule is COC(=O)[C@H](Cc1cccc(Br)n1)NC(=O)OCC1c2ccccc2-c2ccccc21. The van der Waals surface area contributed by atoms with Gasteiger partial charge in [-0.25, -0.2) is 14.6 Å². The average Bonchev–Trinajstić information content (AvgIpc) is 3.10. The minimum absolute atomic E-state index is 0.0542. The lowest BCUT2D eigenvalue weighted by Crippen LogP contribution is -2.43. The number of hydrogen-bond acceptors (Lipinski definition) is 5. The van der Waals surface area contributed by atoms with Crippen LogP contribution in [0.4, 0.5) is 4.79 Å². The summed E-state index contributed by atoms with van der Waals surface area (Å²) >= 11 is 3.31. The molecule has 0 aliphatic heterocycles. The summed E-state index contributed by atoms with van der Waals surface area (Å²) in [6.45, 7) is 0.170. The number of halogens is 1. The molecule has 0 bridgehead atoms. The van der Waals surface area contributed by atoms with Crippen molar-refractivity contribution >= 4 is 28.0 Å². The van der Waals surface area contributed by atoms with Crippen molar-refractivity contribution in [3.8, 4) is 11.1 Å². The van der Waals surface area contributed by atoms with Crippen LogP contribution in [-0.2, 0) is 20.7 Å². The maximum Gasteiger partial charge on any atom is 0.407 e. The van der Waals surface area contributed by atoms with Crippen LogP contribution in [0.15, 0.2) is 71.3 Å². The van der Waals surface area contributed by atoms with Gasteiger partial charge in [0.05, 0.1) is 7.11 Å². The summed E-state index contributed by atoms with van der Waals surface area (Å²) in [5.74, 6) is -0.614. The van der Waals surface area contributed by atoms with Gasteiger partial charge in [0.15, 0.2) is 0 Å². The van der Waals surface area contributed by atoms with Crippen LogP contribution in [0.5, 0.6) is 0 Å². The van der Waals surface area contributed by atoms with Crippen molar-refractivity contribution in [1.29, 1.82) is 0 Å². The second-order valence-electron chi connectivity index (χ2n) is 7.20. The third-order valence-electron chi connectivity index (χ3n) is 5.31. The van der Waals surface area contributed by atoms with Crippen LogP contribution in [0.25, 0.3) is 11.1 Å². The third kappa shape index (κ3) is 4.61. The van der Waals surface area contributed by atoms with Crippen LogP contribution in [0.3, 0.4) is 0 Å². The summed E-state index contributed by atoms with van der Waals surface area (Å²) in [5.41, 5.74) is 5.20. The summed E-state index contributed by atoms with van der Waals surface area (Å²) in [6.07, 6.45) is -0.483. The molecule has 4 rings (SSSR count). The Kier molecular flexibility index (Phi) is 6.32.